The summed E-state index contributed by atoms with van der Waals surface area (Å²) >= 11 is 0. The van der Waals surface area contributed by atoms with E-state index in [2.05, 4.69) is 0 Å². The van der Waals surface area contributed by atoms with E-state index in [-0.39, 0.29) is 24.2 Å². The van der Waals surface area contributed by atoms with Gasteiger partial charge in [-0.2, -0.15) is 13.2 Å². The number of rotatable bonds is 4. The van der Waals surface area contributed by atoms with Crippen LogP contribution in [0.15, 0.2) is 12.1 Å². The van der Waals surface area contributed by atoms with E-state index in [1.165, 1.54) is 0 Å². The zero-order valence-electron chi connectivity index (χ0n) is 8.88. The minimum Gasteiger partial charge on any atom is -0.493 e. The molecule has 0 N–H and O–H groups in total. The Morgan fingerprint density at radius 2 is 1.76 bits per heavy atom. The summed E-state index contributed by atoms with van der Waals surface area (Å²) < 4.78 is 42.7. The molecule has 1 aromatic carbocycles. The van der Waals surface area contributed by atoms with Gasteiger partial charge in [-0.3, -0.25) is 9.59 Å². The van der Waals surface area contributed by atoms with Gasteiger partial charge in [-0.1, -0.05) is 0 Å². The van der Waals surface area contributed by atoms with Gasteiger partial charge in [-0.15, -0.1) is 0 Å². The quantitative estimate of drug-likeness (QED) is 0.767. The van der Waals surface area contributed by atoms with Crippen LogP contribution in [0.4, 0.5) is 13.2 Å². The molecule has 3 nitrogen and oxygen atoms in total. The summed E-state index contributed by atoms with van der Waals surface area (Å²) in [5, 5.41) is 0. The molecule has 0 amide bonds. The Balaban J connectivity index is 3.44. The van der Waals surface area contributed by atoms with Crippen LogP contribution in [0.5, 0.6) is 5.75 Å². The molecule has 0 unspecified atom stereocenters. The van der Waals surface area contributed by atoms with Crippen LogP contribution >= 0.6 is 0 Å². The predicted molar refractivity (Wildman–Crippen MR) is 53.4 cm³/mol. The van der Waals surface area contributed by atoms with E-state index < -0.39 is 17.3 Å². The van der Waals surface area contributed by atoms with Gasteiger partial charge in [0, 0.05) is 5.56 Å². The third-order valence-corrected chi connectivity index (χ3v) is 2.04. The van der Waals surface area contributed by atoms with Crippen LogP contribution in [0.3, 0.4) is 0 Å². The Labute approximate surface area is 95.2 Å². The zero-order chi connectivity index (χ0) is 13.1. The average molecular weight is 246 g/mol. The lowest BCUT2D eigenvalue weighted by molar-refractivity contribution is -0.137. The molecular weight excluding hydrogens is 237 g/mol. The van der Waals surface area contributed by atoms with E-state index in [1.807, 2.05) is 0 Å². The highest BCUT2D eigenvalue weighted by Crippen LogP contribution is 2.35. The molecule has 0 saturated carbocycles. The Morgan fingerprint density at radius 1 is 1.18 bits per heavy atom. The van der Waals surface area contributed by atoms with E-state index in [0.717, 1.165) is 6.07 Å². The van der Waals surface area contributed by atoms with Crippen molar-refractivity contribution in [2.24, 2.45) is 0 Å². The molecule has 17 heavy (non-hydrogen) atoms. The van der Waals surface area contributed by atoms with Gasteiger partial charge in [0.25, 0.3) is 0 Å². The molecule has 0 radical (unpaired) electrons. The SMILES string of the molecule is CCOc1cc(C(F)(F)F)c(C=O)cc1C=O. The number of hydrogen-bond donors (Lipinski definition) is 0. The number of aldehydes is 2. The summed E-state index contributed by atoms with van der Waals surface area (Å²) in [6.07, 6.45) is -4.26. The summed E-state index contributed by atoms with van der Waals surface area (Å²) in [6.45, 7) is 1.70. The summed E-state index contributed by atoms with van der Waals surface area (Å²) in [6, 6.07) is 1.53. The maximum atomic E-state index is 12.6. The molecule has 0 aliphatic rings. The number of halogens is 3. The Kier molecular flexibility index (Phi) is 3.88. The van der Waals surface area contributed by atoms with Crippen LogP contribution in [0.1, 0.15) is 33.2 Å². The number of carbonyl (C=O) groups excluding carboxylic acids is 2. The van der Waals surface area contributed by atoms with Crippen molar-refractivity contribution in [2.45, 2.75) is 13.1 Å². The Hall–Kier alpha value is -1.85. The molecule has 0 aromatic heterocycles. The average Bonchev–Trinajstić information content (AvgIpc) is 2.27. The van der Waals surface area contributed by atoms with Crippen molar-refractivity contribution in [1.82, 2.24) is 0 Å². The fraction of sp³-hybridized carbons (Fsp3) is 0.273. The van der Waals surface area contributed by atoms with E-state index in [0.29, 0.717) is 12.4 Å². The standard InChI is InChI=1S/C11H9F3O3/c1-2-17-10-4-9(11(12,13)14)7(5-15)3-8(10)6-16/h3-6H,2H2,1H3. The molecule has 0 spiro atoms. The van der Waals surface area contributed by atoms with Gasteiger partial charge in [-0.05, 0) is 19.1 Å². The third-order valence-electron chi connectivity index (χ3n) is 2.04. The second kappa shape index (κ2) is 4.99. The first-order chi connectivity index (χ1) is 7.93. The van der Waals surface area contributed by atoms with Crippen molar-refractivity contribution in [3.8, 4) is 5.75 Å². The fourth-order valence-corrected chi connectivity index (χ4v) is 1.33. The monoisotopic (exact) mass is 246 g/mol. The fourth-order valence-electron chi connectivity index (χ4n) is 1.33. The zero-order valence-corrected chi connectivity index (χ0v) is 8.88. The van der Waals surface area contributed by atoms with Crippen LogP contribution in [-0.4, -0.2) is 19.2 Å². The topological polar surface area (TPSA) is 43.4 Å². The molecule has 0 atom stereocenters. The smallest absolute Gasteiger partial charge is 0.417 e. The minimum atomic E-state index is -4.66. The van der Waals surface area contributed by atoms with Crippen molar-refractivity contribution in [3.63, 3.8) is 0 Å². The maximum absolute atomic E-state index is 12.6. The summed E-state index contributed by atoms with van der Waals surface area (Å²) in [5.74, 6) is -0.180. The second-order valence-electron chi connectivity index (χ2n) is 3.14. The molecule has 0 heterocycles. The van der Waals surface area contributed by atoms with Crippen molar-refractivity contribution in [1.29, 1.82) is 0 Å². The van der Waals surface area contributed by atoms with Crippen LogP contribution in [0, 0.1) is 0 Å². The molecule has 0 aliphatic carbocycles. The van der Waals surface area contributed by atoms with Gasteiger partial charge in [-0.25, -0.2) is 0 Å². The van der Waals surface area contributed by atoms with E-state index in [1.54, 1.807) is 6.92 Å². The highest BCUT2D eigenvalue weighted by atomic mass is 19.4. The number of benzene rings is 1. The van der Waals surface area contributed by atoms with Crippen molar-refractivity contribution in [3.05, 3.63) is 28.8 Å². The molecule has 92 valence electrons. The Morgan fingerprint density at radius 3 is 2.18 bits per heavy atom. The van der Waals surface area contributed by atoms with E-state index in [4.69, 9.17) is 4.74 Å². The summed E-state index contributed by atoms with van der Waals surface area (Å²) in [5.41, 5.74) is -1.77. The largest absolute Gasteiger partial charge is 0.493 e. The number of hydrogen-bond acceptors (Lipinski definition) is 3. The minimum absolute atomic E-state index is 0.0611. The lowest BCUT2D eigenvalue weighted by atomic mass is 10.0. The maximum Gasteiger partial charge on any atom is 0.417 e. The lowest BCUT2D eigenvalue weighted by Crippen LogP contribution is -2.11. The molecule has 0 saturated heterocycles. The molecule has 0 fully saturated rings. The van der Waals surface area contributed by atoms with E-state index >= 15 is 0 Å². The highest BCUT2D eigenvalue weighted by molar-refractivity contribution is 5.86. The van der Waals surface area contributed by atoms with Crippen molar-refractivity contribution in [2.75, 3.05) is 6.61 Å². The molecule has 0 aliphatic heterocycles. The van der Waals surface area contributed by atoms with Gasteiger partial charge in [0.05, 0.1) is 17.7 Å². The molecule has 1 aromatic rings. The van der Waals surface area contributed by atoms with E-state index in [9.17, 15) is 22.8 Å². The van der Waals surface area contributed by atoms with Crippen LogP contribution in [0.2, 0.25) is 0 Å². The number of ether oxygens (including phenoxy) is 1. The van der Waals surface area contributed by atoms with Crippen LogP contribution in [0.25, 0.3) is 0 Å². The van der Waals surface area contributed by atoms with Crippen LogP contribution in [-0.2, 0) is 6.18 Å². The second-order valence-corrected chi connectivity index (χ2v) is 3.14. The predicted octanol–water partition coefficient (Wildman–Crippen LogP) is 2.73. The molecular formula is C11H9F3O3. The van der Waals surface area contributed by atoms with Crippen LogP contribution < -0.4 is 4.74 Å². The van der Waals surface area contributed by atoms with Crippen molar-refractivity contribution < 1.29 is 27.5 Å². The van der Waals surface area contributed by atoms with Gasteiger partial charge < -0.3 is 4.74 Å². The Bertz CT molecular complexity index is 438. The molecule has 6 heteroatoms. The summed E-state index contributed by atoms with van der Waals surface area (Å²) in [7, 11) is 0. The van der Waals surface area contributed by atoms with Gasteiger partial charge >= 0.3 is 6.18 Å². The first kappa shape index (κ1) is 13.2. The third kappa shape index (κ3) is 2.83. The van der Waals surface area contributed by atoms with Crippen molar-refractivity contribution >= 4 is 12.6 Å². The first-order valence-corrected chi connectivity index (χ1v) is 4.72. The summed E-state index contributed by atoms with van der Waals surface area (Å²) in [4.78, 5) is 21.2. The van der Waals surface area contributed by atoms with Gasteiger partial charge in [0.15, 0.2) is 12.6 Å². The number of alkyl halides is 3. The normalized spacial score (nSPS) is 11.1. The lowest BCUT2D eigenvalue weighted by Gasteiger charge is -2.13. The first-order valence-electron chi connectivity index (χ1n) is 4.72. The highest BCUT2D eigenvalue weighted by Gasteiger charge is 2.34. The number of carbonyl (C=O) groups is 2. The van der Waals surface area contributed by atoms with Gasteiger partial charge in [0.2, 0.25) is 0 Å². The molecule has 1 rings (SSSR count). The van der Waals surface area contributed by atoms with Gasteiger partial charge in [0.1, 0.15) is 5.75 Å². The molecule has 0 bridgehead atoms.